The molecule has 0 saturated carbocycles. The van der Waals surface area contributed by atoms with Gasteiger partial charge in [-0.25, -0.2) is 0 Å². The molecular formula is C10H16F3N3O. The number of hydrogen-bond acceptors (Lipinski definition) is 3. The van der Waals surface area contributed by atoms with Crippen LogP contribution in [-0.4, -0.2) is 29.8 Å². The molecule has 0 saturated heterocycles. The molecule has 0 heterocycles. The number of rotatable bonds is 5. The van der Waals surface area contributed by atoms with Crippen LogP contribution in [0.25, 0.3) is 0 Å². The first-order chi connectivity index (χ1) is 7.73. The molecule has 4 N–H and O–H groups in total. The Kier molecular flexibility index (Phi) is 5.82. The predicted octanol–water partition coefficient (Wildman–Crippen LogP) is 1.16. The molecule has 0 aliphatic carbocycles. The molecule has 0 amide bonds. The zero-order valence-electron chi connectivity index (χ0n) is 9.62. The van der Waals surface area contributed by atoms with Gasteiger partial charge in [0.25, 0.3) is 0 Å². The van der Waals surface area contributed by atoms with Crippen LogP contribution < -0.4 is 11.1 Å². The van der Waals surface area contributed by atoms with Crippen LogP contribution in [0.1, 0.15) is 13.8 Å². The van der Waals surface area contributed by atoms with E-state index in [4.69, 9.17) is 17.4 Å². The maximum Gasteiger partial charge on any atom is 0.400 e. The maximum absolute atomic E-state index is 12.5. The van der Waals surface area contributed by atoms with Crippen LogP contribution in [0, 0.1) is 24.2 Å². The van der Waals surface area contributed by atoms with E-state index < -0.39 is 30.5 Å². The fourth-order valence-corrected chi connectivity index (χ4v) is 1.19. The van der Waals surface area contributed by atoms with Crippen LogP contribution in [0.3, 0.4) is 0 Å². The summed E-state index contributed by atoms with van der Waals surface area (Å²) in [4.78, 5) is 0. The van der Waals surface area contributed by atoms with Crippen molar-refractivity contribution < 1.29 is 18.4 Å². The lowest BCUT2D eigenvalue weighted by Crippen LogP contribution is -2.46. The summed E-state index contributed by atoms with van der Waals surface area (Å²) < 4.78 is 37.6. The van der Waals surface area contributed by atoms with Crippen molar-refractivity contribution in [2.24, 2.45) is 22.7 Å². The molecule has 0 bridgehead atoms. The van der Waals surface area contributed by atoms with Crippen molar-refractivity contribution in [3.8, 4) is 12.3 Å². The smallest absolute Gasteiger partial charge is 0.400 e. The van der Waals surface area contributed by atoms with Crippen molar-refractivity contribution in [1.29, 1.82) is 0 Å². The van der Waals surface area contributed by atoms with Crippen molar-refractivity contribution >= 4 is 5.84 Å². The van der Waals surface area contributed by atoms with Gasteiger partial charge in [-0.1, -0.05) is 24.9 Å². The van der Waals surface area contributed by atoms with Gasteiger partial charge < -0.3 is 16.3 Å². The third-order valence-electron chi connectivity index (χ3n) is 2.26. The highest BCUT2D eigenvalue weighted by Gasteiger charge is 2.42. The van der Waals surface area contributed by atoms with Gasteiger partial charge in [0, 0.05) is 6.54 Å². The Bertz CT molecular complexity index is 307. The number of halogens is 3. The number of amidine groups is 1. The summed E-state index contributed by atoms with van der Waals surface area (Å²) in [6, 6.07) is -0.494. The summed E-state index contributed by atoms with van der Waals surface area (Å²) in [5, 5.41) is 13.2. The lowest BCUT2D eigenvalue weighted by molar-refractivity contribution is -0.155. The highest BCUT2D eigenvalue weighted by atomic mass is 19.4. The molecule has 0 radical (unpaired) electrons. The number of nitrogens with zero attached hydrogens (tertiary/aromatic N) is 1. The largest absolute Gasteiger partial charge is 0.409 e. The van der Waals surface area contributed by atoms with Gasteiger partial charge in [-0.3, -0.25) is 0 Å². The molecule has 7 heteroatoms. The lowest BCUT2D eigenvalue weighted by atomic mass is 10.0. The molecular weight excluding hydrogens is 235 g/mol. The minimum absolute atomic E-state index is 0.0128. The van der Waals surface area contributed by atoms with E-state index in [0.29, 0.717) is 0 Å². The van der Waals surface area contributed by atoms with Crippen molar-refractivity contribution in [3.05, 3.63) is 0 Å². The highest BCUT2D eigenvalue weighted by Crippen LogP contribution is 2.26. The van der Waals surface area contributed by atoms with Gasteiger partial charge in [0.2, 0.25) is 0 Å². The molecule has 2 unspecified atom stereocenters. The summed E-state index contributed by atoms with van der Waals surface area (Å²) in [6.07, 6.45) is 0.589. The minimum Gasteiger partial charge on any atom is -0.409 e. The first kappa shape index (κ1) is 15.6. The van der Waals surface area contributed by atoms with Crippen LogP contribution in [0.15, 0.2) is 5.16 Å². The maximum atomic E-state index is 12.5. The number of oxime groups is 1. The Labute approximate surface area is 98.1 Å². The van der Waals surface area contributed by atoms with Crippen molar-refractivity contribution in [1.82, 2.24) is 5.32 Å². The van der Waals surface area contributed by atoms with Crippen LogP contribution in [0.4, 0.5) is 13.2 Å². The quantitative estimate of drug-likeness (QED) is 0.226. The van der Waals surface area contributed by atoms with E-state index in [2.05, 4.69) is 16.4 Å². The fourth-order valence-electron chi connectivity index (χ4n) is 1.19. The molecule has 17 heavy (non-hydrogen) atoms. The third kappa shape index (κ3) is 4.95. The van der Waals surface area contributed by atoms with Gasteiger partial charge in [-0.2, -0.15) is 13.2 Å². The number of alkyl halides is 3. The first-order valence-corrected chi connectivity index (χ1v) is 4.97. The Hall–Kier alpha value is -1.42. The fraction of sp³-hybridized carbons (Fsp3) is 0.700. The number of nitrogens with two attached hydrogens (primary N) is 1. The minimum atomic E-state index is -4.58. The SMILES string of the molecule is C#CC(NCC(C(N)=NO)C(F)(F)F)C(C)C. The molecule has 0 aliphatic heterocycles. The third-order valence-corrected chi connectivity index (χ3v) is 2.26. The Morgan fingerprint density at radius 2 is 2.06 bits per heavy atom. The number of nitrogens with one attached hydrogen (secondary N) is 1. The van der Waals surface area contributed by atoms with E-state index in [9.17, 15) is 13.2 Å². The standard InChI is InChI=1S/C10H16F3N3O/c1-4-8(6(2)3)15-5-7(9(14)16-17)10(11,12)13/h1,6-8,15,17H,5H2,2-3H3,(H2,14,16). The van der Waals surface area contributed by atoms with Crippen LogP contribution in [0.5, 0.6) is 0 Å². The van der Waals surface area contributed by atoms with Crippen molar-refractivity contribution in [3.63, 3.8) is 0 Å². The van der Waals surface area contributed by atoms with E-state index in [0.717, 1.165) is 0 Å². The molecule has 2 atom stereocenters. The summed E-state index contributed by atoms with van der Waals surface area (Å²) in [7, 11) is 0. The van der Waals surface area contributed by atoms with Gasteiger partial charge >= 0.3 is 6.18 Å². The zero-order valence-corrected chi connectivity index (χ0v) is 9.62. The predicted molar refractivity (Wildman–Crippen MR) is 58.4 cm³/mol. The molecule has 0 aromatic rings. The lowest BCUT2D eigenvalue weighted by Gasteiger charge is -2.23. The normalized spacial score (nSPS) is 16.6. The molecule has 0 aliphatic rings. The van der Waals surface area contributed by atoms with Gasteiger partial charge in [0.05, 0.1) is 6.04 Å². The number of hydrogen-bond donors (Lipinski definition) is 3. The Morgan fingerprint density at radius 3 is 2.35 bits per heavy atom. The van der Waals surface area contributed by atoms with Gasteiger partial charge in [-0.15, -0.1) is 6.42 Å². The van der Waals surface area contributed by atoms with E-state index in [1.165, 1.54) is 0 Å². The second-order valence-corrected chi connectivity index (χ2v) is 3.92. The van der Waals surface area contributed by atoms with Crippen LogP contribution in [0.2, 0.25) is 0 Å². The van der Waals surface area contributed by atoms with E-state index in [1.807, 2.05) is 0 Å². The molecule has 98 valence electrons. The topological polar surface area (TPSA) is 70.6 Å². The van der Waals surface area contributed by atoms with Crippen LogP contribution in [-0.2, 0) is 0 Å². The summed E-state index contributed by atoms with van der Waals surface area (Å²) >= 11 is 0. The second-order valence-electron chi connectivity index (χ2n) is 3.92. The second kappa shape index (κ2) is 6.35. The van der Waals surface area contributed by atoms with E-state index in [-0.39, 0.29) is 5.92 Å². The molecule has 0 aromatic carbocycles. The highest BCUT2D eigenvalue weighted by molar-refractivity contribution is 5.83. The van der Waals surface area contributed by atoms with Crippen LogP contribution >= 0.6 is 0 Å². The Balaban J connectivity index is 4.64. The summed E-state index contributed by atoms with van der Waals surface area (Å²) in [6.45, 7) is 3.04. The number of terminal acetylenes is 1. The van der Waals surface area contributed by atoms with Gasteiger partial charge in [0.15, 0.2) is 5.84 Å². The molecule has 0 aromatic heterocycles. The molecule has 0 rings (SSSR count). The van der Waals surface area contributed by atoms with Gasteiger partial charge in [0.1, 0.15) is 5.92 Å². The average Bonchev–Trinajstić information content (AvgIpc) is 2.21. The van der Waals surface area contributed by atoms with E-state index >= 15 is 0 Å². The van der Waals surface area contributed by atoms with Crippen molar-refractivity contribution in [2.45, 2.75) is 26.1 Å². The first-order valence-electron chi connectivity index (χ1n) is 4.97. The van der Waals surface area contributed by atoms with E-state index in [1.54, 1.807) is 13.8 Å². The van der Waals surface area contributed by atoms with Crippen molar-refractivity contribution in [2.75, 3.05) is 6.54 Å². The Morgan fingerprint density at radius 1 is 1.53 bits per heavy atom. The molecule has 4 nitrogen and oxygen atoms in total. The zero-order chi connectivity index (χ0) is 13.6. The molecule has 0 fully saturated rings. The van der Waals surface area contributed by atoms with Gasteiger partial charge in [-0.05, 0) is 5.92 Å². The average molecular weight is 251 g/mol. The molecule has 0 spiro atoms. The summed E-state index contributed by atoms with van der Waals surface area (Å²) in [5.41, 5.74) is 5.00. The monoisotopic (exact) mass is 251 g/mol. The summed E-state index contributed by atoms with van der Waals surface area (Å²) in [5.74, 6) is -0.608.